The Kier molecular flexibility index (Phi) is 7.24. The maximum atomic E-state index is 13.1. The number of H-pyrrole nitrogens is 1. The molecule has 4 heterocycles. The van der Waals surface area contributed by atoms with Gasteiger partial charge < -0.3 is 9.72 Å². The Bertz CT molecular complexity index is 1540. The van der Waals surface area contributed by atoms with Crippen LogP contribution < -0.4 is 4.31 Å². The fourth-order valence-corrected chi connectivity index (χ4v) is 7.62. The number of rotatable bonds is 7. The number of alkyl halides is 3. The van der Waals surface area contributed by atoms with Crippen LogP contribution in [0.4, 0.5) is 18.9 Å². The van der Waals surface area contributed by atoms with Crippen molar-refractivity contribution in [2.45, 2.75) is 35.9 Å². The van der Waals surface area contributed by atoms with E-state index in [4.69, 9.17) is 0 Å². The number of piperidine rings is 1. The minimum absolute atomic E-state index is 0.260. The van der Waals surface area contributed by atoms with Gasteiger partial charge in [-0.05, 0) is 36.4 Å². The van der Waals surface area contributed by atoms with Crippen molar-refractivity contribution in [3.8, 4) is 10.7 Å². The van der Waals surface area contributed by atoms with Gasteiger partial charge in [0.15, 0.2) is 0 Å². The van der Waals surface area contributed by atoms with Crippen molar-refractivity contribution >= 4 is 55.3 Å². The molecule has 1 fully saturated rings. The number of likely N-dealkylation sites (tertiary alicyclic amines) is 1. The lowest BCUT2D eigenvalue weighted by Crippen LogP contribution is -2.39. The van der Waals surface area contributed by atoms with E-state index >= 15 is 0 Å². The third kappa shape index (κ3) is 5.44. The van der Waals surface area contributed by atoms with Crippen LogP contribution in [0.5, 0.6) is 0 Å². The van der Waals surface area contributed by atoms with Gasteiger partial charge in [-0.25, -0.2) is 18.2 Å². The van der Waals surface area contributed by atoms with Gasteiger partial charge in [-0.3, -0.25) is 9.21 Å². The second-order valence-electron chi connectivity index (χ2n) is 8.84. The highest BCUT2D eigenvalue weighted by atomic mass is 32.2. The Morgan fingerprint density at radius 2 is 2.00 bits per heavy atom. The fourth-order valence-electron chi connectivity index (χ4n) is 4.32. The van der Waals surface area contributed by atoms with Crippen LogP contribution in [0.1, 0.15) is 17.7 Å². The van der Waals surface area contributed by atoms with E-state index in [1.807, 2.05) is 12.1 Å². The number of nitrogens with zero attached hydrogens (tertiary/aromatic N) is 3. The number of carbonyl (C=O) groups excluding carboxylic acids is 1. The van der Waals surface area contributed by atoms with Crippen molar-refractivity contribution in [3.63, 3.8) is 0 Å². The summed E-state index contributed by atoms with van der Waals surface area (Å²) in [6, 6.07) is 10.6. The molecule has 0 atom stereocenters. The van der Waals surface area contributed by atoms with E-state index in [0.29, 0.717) is 43.7 Å². The maximum absolute atomic E-state index is 13.1. The number of ether oxygens (including phenoxy) is 1. The second-order valence-corrected chi connectivity index (χ2v) is 13.1. The third-order valence-corrected chi connectivity index (χ3v) is 10.4. The molecule has 0 amide bonds. The van der Waals surface area contributed by atoms with Gasteiger partial charge in [0.1, 0.15) is 15.3 Å². The van der Waals surface area contributed by atoms with Crippen LogP contribution in [0.25, 0.3) is 21.6 Å². The molecule has 1 aromatic carbocycles. The molecule has 5 rings (SSSR count). The first-order valence-electron chi connectivity index (χ1n) is 11.6. The first-order chi connectivity index (χ1) is 18.0. The lowest BCUT2D eigenvalue weighted by atomic mass is 10.1. The average molecular weight is 585 g/mol. The van der Waals surface area contributed by atoms with Crippen molar-refractivity contribution in [3.05, 3.63) is 52.9 Å². The molecule has 0 bridgehead atoms. The third-order valence-electron chi connectivity index (χ3n) is 6.29. The zero-order valence-corrected chi connectivity index (χ0v) is 22.5. The largest absolute Gasteiger partial charge is 0.490 e. The molecule has 0 spiro atoms. The summed E-state index contributed by atoms with van der Waals surface area (Å²) >= 11 is 2.64. The molecule has 0 saturated carbocycles. The highest BCUT2D eigenvalue weighted by molar-refractivity contribution is 7.94. The molecule has 1 aliphatic rings. The second kappa shape index (κ2) is 10.3. The van der Waals surface area contributed by atoms with Crippen molar-refractivity contribution in [1.29, 1.82) is 0 Å². The number of fused-ring (bicyclic) bond motifs is 1. The molecular weight excluding hydrogens is 561 g/mol. The standard InChI is InChI=1S/C24H23F3N4O4S3/c1-30(38(33,34)20-6-3-11-36-20)19-5-2-4-15-12-18(29-21(15)19)22-28-13-17(37-22)14-31-9-7-16(8-10-31)35-23(32)24(25,26)27/h2-6,11-13,16,29H,7-10,14H2,1H3. The number of aromatic nitrogens is 2. The van der Waals surface area contributed by atoms with Gasteiger partial charge >= 0.3 is 12.1 Å². The zero-order valence-electron chi connectivity index (χ0n) is 20.1. The van der Waals surface area contributed by atoms with E-state index in [1.54, 1.807) is 35.8 Å². The molecule has 4 aromatic rings. The Hall–Kier alpha value is -2.94. The smallest absolute Gasteiger partial charge is 0.456 e. The van der Waals surface area contributed by atoms with Crippen LogP contribution in [0.15, 0.2) is 52.2 Å². The number of esters is 1. The molecule has 1 N–H and O–H groups in total. The minimum Gasteiger partial charge on any atom is -0.456 e. The molecule has 8 nitrogen and oxygen atoms in total. The quantitative estimate of drug-likeness (QED) is 0.298. The Labute approximate surface area is 224 Å². The number of carbonyl (C=O) groups is 1. The number of thiophene rings is 1. The number of sulfonamides is 1. The summed E-state index contributed by atoms with van der Waals surface area (Å²) in [6.07, 6.45) is -3.29. The number of nitrogens with one attached hydrogen (secondary N) is 1. The van der Waals surface area contributed by atoms with Crippen LogP contribution in [-0.4, -0.2) is 61.7 Å². The highest BCUT2D eigenvalue weighted by Gasteiger charge is 2.42. The SMILES string of the molecule is CN(c1cccc2cc(-c3ncc(CN4CCC(OC(=O)C(F)(F)F)CC4)s3)[nH]c12)S(=O)(=O)c1cccs1. The van der Waals surface area contributed by atoms with Gasteiger partial charge in [-0.1, -0.05) is 18.2 Å². The molecule has 1 saturated heterocycles. The van der Waals surface area contributed by atoms with Crippen molar-refractivity contribution < 1.29 is 31.1 Å². The summed E-state index contributed by atoms with van der Waals surface area (Å²) in [5, 5.41) is 3.30. The molecule has 0 radical (unpaired) electrons. The average Bonchev–Trinajstić information content (AvgIpc) is 3.64. The number of para-hydroxylation sites is 1. The molecule has 0 aliphatic carbocycles. The van der Waals surface area contributed by atoms with Crippen LogP contribution in [0.2, 0.25) is 0 Å². The molecule has 0 unspecified atom stereocenters. The van der Waals surface area contributed by atoms with Crippen LogP contribution in [0.3, 0.4) is 0 Å². The van der Waals surface area contributed by atoms with Gasteiger partial charge in [0.25, 0.3) is 10.0 Å². The van der Waals surface area contributed by atoms with E-state index in [2.05, 4.69) is 19.6 Å². The molecule has 1 aliphatic heterocycles. The van der Waals surface area contributed by atoms with Gasteiger partial charge in [0, 0.05) is 43.1 Å². The van der Waals surface area contributed by atoms with Gasteiger partial charge in [-0.15, -0.1) is 22.7 Å². The zero-order chi connectivity index (χ0) is 27.1. The molecular formula is C24H23F3N4O4S3. The number of halogens is 3. The number of aromatic amines is 1. The highest BCUT2D eigenvalue weighted by Crippen LogP contribution is 2.35. The molecule has 202 valence electrons. The van der Waals surface area contributed by atoms with Gasteiger partial charge in [0.2, 0.25) is 0 Å². The number of anilines is 1. The van der Waals surface area contributed by atoms with Crippen molar-refractivity contribution in [1.82, 2.24) is 14.9 Å². The number of thiazole rings is 1. The first-order valence-corrected chi connectivity index (χ1v) is 14.8. The first kappa shape index (κ1) is 26.7. The van der Waals surface area contributed by atoms with Crippen LogP contribution in [-0.2, 0) is 26.1 Å². The summed E-state index contributed by atoms with van der Waals surface area (Å²) in [7, 11) is -2.17. The predicted molar refractivity (Wildman–Crippen MR) is 140 cm³/mol. The van der Waals surface area contributed by atoms with Crippen LogP contribution >= 0.6 is 22.7 Å². The maximum Gasteiger partial charge on any atom is 0.490 e. The number of hydrogen-bond acceptors (Lipinski definition) is 8. The molecule has 38 heavy (non-hydrogen) atoms. The molecule has 14 heteroatoms. The lowest BCUT2D eigenvalue weighted by molar-refractivity contribution is -0.206. The summed E-state index contributed by atoms with van der Waals surface area (Å²) in [5.41, 5.74) is 1.95. The van der Waals surface area contributed by atoms with E-state index in [9.17, 15) is 26.4 Å². The topological polar surface area (TPSA) is 95.6 Å². The Balaban J connectivity index is 1.27. The lowest BCUT2D eigenvalue weighted by Gasteiger charge is -2.31. The Morgan fingerprint density at radius 1 is 1.24 bits per heavy atom. The normalized spacial score (nSPS) is 15.7. The minimum atomic E-state index is -4.98. The van der Waals surface area contributed by atoms with E-state index < -0.39 is 28.3 Å². The van der Waals surface area contributed by atoms with Gasteiger partial charge in [0.05, 0.1) is 16.9 Å². The van der Waals surface area contributed by atoms with Crippen molar-refractivity contribution in [2.24, 2.45) is 0 Å². The van der Waals surface area contributed by atoms with Gasteiger partial charge in [-0.2, -0.15) is 13.2 Å². The number of hydrogen-bond donors (Lipinski definition) is 1. The summed E-state index contributed by atoms with van der Waals surface area (Å²) < 4.78 is 69.5. The summed E-state index contributed by atoms with van der Waals surface area (Å²) in [6.45, 7) is 1.58. The fraction of sp³-hybridized carbons (Fsp3) is 0.333. The van der Waals surface area contributed by atoms with Crippen molar-refractivity contribution in [2.75, 3.05) is 24.4 Å². The van der Waals surface area contributed by atoms with E-state index in [-0.39, 0.29) is 4.21 Å². The van der Waals surface area contributed by atoms with E-state index in [0.717, 1.165) is 32.3 Å². The number of benzene rings is 1. The Morgan fingerprint density at radius 3 is 2.68 bits per heavy atom. The summed E-state index contributed by atoms with van der Waals surface area (Å²) in [5.74, 6) is -2.14. The van der Waals surface area contributed by atoms with Crippen LogP contribution in [0, 0.1) is 0 Å². The monoisotopic (exact) mass is 584 g/mol. The predicted octanol–water partition coefficient (Wildman–Crippen LogP) is 5.25. The van der Waals surface area contributed by atoms with E-state index in [1.165, 1.54) is 22.7 Å². The summed E-state index contributed by atoms with van der Waals surface area (Å²) in [4.78, 5) is 22.0. The molecule has 3 aromatic heterocycles.